The lowest BCUT2D eigenvalue weighted by Crippen LogP contribution is -2.40. The Morgan fingerprint density at radius 2 is 2.00 bits per heavy atom. The molecule has 1 fully saturated rings. The fraction of sp³-hybridized carbons (Fsp3) is 0.917. The summed E-state index contributed by atoms with van der Waals surface area (Å²) in [7, 11) is 0. The Morgan fingerprint density at radius 1 is 1.27 bits per heavy atom. The van der Waals surface area contributed by atoms with E-state index in [-0.39, 0.29) is 6.09 Å². The third kappa shape index (κ3) is 3.73. The number of carbonyl (C=O) groups is 1. The zero-order chi connectivity index (χ0) is 11.1. The van der Waals surface area contributed by atoms with Gasteiger partial charge in [0.1, 0.15) is 0 Å². The molecule has 0 saturated carbocycles. The maximum absolute atomic E-state index is 11.7. The summed E-state index contributed by atoms with van der Waals surface area (Å²) in [5, 5.41) is 0. The Morgan fingerprint density at radius 3 is 2.67 bits per heavy atom. The van der Waals surface area contributed by atoms with Crippen molar-refractivity contribution >= 4 is 6.09 Å². The summed E-state index contributed by atoms with van der Waals surface area (Å²) in [5.41, 5.74) is 0. The average molecular weight is 213 g/mol. The molecule has 0 bridgehead atoms. The molecule has 1 aliphatic rings. The van der Waals surface area contributed by atoms with Crippen LogP contribution in [0.1, 0.15) is 52.4 Å². The van der Waals surface area contributed by atoms with Gasteiger partial charge in [-0.15, -0.1) is 0 Å². The molecule has 0 aliphatic carbocycles. The molecule has 1 amide bonds. The predicted molar refractivity (Wildman–Crippen MR) is 60.9 cm³/mol. The molecule has 3 heteroatoms. The Balaban J connectivity index is 2.59. The molecule has 0 radical (unpaired) electrons. The zero-order valence-corrected chi connectivity index (χ0v) is 10.00. The molecular weight excluding hydrogens is 190 g/mol. The van der Waals surface area contributed by atoms with Gasteiger partial charge in [0, 0.05) is 12.6 Å². The lowest BCUT2D eigenvalue weighted by atomic mass is 10.0. The van der Waals surface area contributed by atoms with E-state index in [2.05, 4.69) is 6.92 Å². The van der Waals surface area contributed by atoms with Crippen molar-refractivity contribution in [2.75, 3.05) is 13.2 Å². The lowest BCUT2D eigenvalue weighted by molar-refractivity contribution is 0.0801. The molecule has 1 heterocycles. The number of carbonyl (C=O) groups excluding carboxylic acids is 1. The first-order valence-corrected chi connectivity index (χ1v) is 6.23. The van der Waals surface area contributed by atoms with Gasteiger partial charge < -0.3 is 9.64 Å². The van der Waals surface area contributed by atoms with Crippen LogP contribution in [-0.2, 0) is 4.74 Å². The topological polar surface area (TPSA) is 29.5 Å². The first kappa shape index (κ1) is 12.3. The van der Waals surface area contributed by atoms with Crippen LogP contribution in [0.3, 0.4) is 0 Å². The summed E-state index contributed by atoms with van der Waals surface area (Å²) in [4.78, 5) is 13.6. The van der Waals surface area contributed by atoms with Crippen molar-refractivity contribution in [1.29, 1.82) is 0 Å². The van der Waals surface area contributed by atoms with Crippen LogP contribution in [0.5, 0.6) is 0 Å². The first-order chi connectivity index (χ1) is 7.29. The van der Waals surface area contributed by atoms with E-state index < -0.39 is 0 Å². The van der Waals surface area contributed by atoms with Gasteiger partial charge in [-0.2, -0.15) is 0 Å². The number of hydrogen-bond donors (Lipinski definition) is 0. The van der Waals surface area contributed by atoms with Crippen LogP contribution in [0.15, 0.2) is 0 Å². The molecule has 1 aliphatic heterocycles. The van der Waals surface area contributed by atoms with E-state index in [1.165, 1.54) is 19.3 Å². The Labute approximate surface area is 92.8 Å². The number of amides is 1. The maximum Gasteiger partial charge on any atom is 0.409 e. The van der Waals surface area contributed by atoms with E-state index in [1.807, 2.05) is 11.8 Å². The third-order valence-electron chi connectivity index (χ3n) is 3.14. The van der Waals surface area contributed by atoms with Crippen molar-refractivity contribution in [3.8, 4) is 0 Å². The molecule has 15 heavy (non-hydrogen) atoms. The largest absolute Gasteiger partial charge is 0.449 e. The molecule has 88 valence electrons. The third-order valence-corrected chi connectivity index (χ3v) is 3.14. The van der Waals surface area contributed by atoms with Gasteiger partial charge in [0.2, 0.25) is 0 Å². The van der Waals surface area contributed by atoms with Crippen LogP contribution in [0.2, 0.25) is 0 Å². The fourth-order valence-electron chi connectivity index (χ4n) is 2.19. The molecule has 3 nitrogen and oxygen atoms in total. The van der Waals surface area contributed by atoms with Gasteiger partial charge in [-0.3, -0.25) is 0 Å². The molecular formula is C12H23NO2. The smallest absolute Gasteiger partial charge is 0.409 e. The molecule has 0 aromatic carbocycles. The summed E-state index contributed by atoms with van der Waals surface area (Å²) in [5.74, 6) is 0. The minimum atomic E-state index is -0.119. The minimum absolute atomic E-state index is 0.119. The average Bonchev–Trinajstić information content (AvgIpc) is 2.26. The Hall–Kier alpha value is -0.730. The Bertz CT molecular complexity index is 194. The van der Waals surface area contributed by atoms with Gasteiger partial charge in [0.15, 0.2) is 0 Å². The molecule has 0 N–H and O–H groups in total. The van der Waals surface area contributed by atoms with E-state index in [9.17, 15) is 4.79 Å². The fourth-order valence-corrected chi connectivity index (χ4v) is 2.19. The molecule has 1 atom stereocenters. The van der Waals surface area contributed by atoms with E-state index >= 15 is 0 Å². The number of nitrogens with zero attached hydrogens (tertiary/aromatic N) is 1. The van der Waals surface area contributed by atoms with E-state index in [4.69, 9.17) is 4.74 Å². The van der Waals surface area contributed by atoms with Crippen molar-refractivity contribution in [2.45, 2.75) is 58.4 Å². The first-order valence-electron chi connectivity index (χ1n) is 6.23. The zero-order valence-electron chi connectivity index (χ0n) is 10.00. The summed E-state index contributed by atoms with van der Waals surface area (Å²) < 4.78 is 5.24. The maximum atomic E-state index is 11.7. The van der Waals surface area contributed by atoms with Gasteiger partial charge in [-0.1, -0.05) is 26.2 Å². The second kappa shape index (κ2) is 6.70. The second-order valence-corrected chi connectivity index (χ2v) is 4.17. The molecule has 0 spiro atoms. The monoisotopic (exact) mass is 213 g/mol. The molecule has 0 aromatic heterocycles. The van der Waals surface area contributed by atoms with Crippen LogP contribution in [-0.4, -0.2) is 30.2 Å². The highest BCUT2D eigenvalue weighted by atomic mass is 16.6. The lowest BCUT2D eigenvalue weighted by Gasteiger charge is -2.30. The second-order valence-electron chi connectivity index (χ2n) is 4.17. The van der Waals surface area contributed by atoms with Gasteiger partial charge in [-0.05, 0) is 26.2 Å². The SMILES string of the molecule is CC[C@H]1CCCCCCOC(=O)N1CC. The van der Waals surface area contributed by atoms with Gasteiger partial charge >= 0.3 is 6.09 Å². The van der Waals surface area contributed by atoms with Crippen molar-refractivity contribution in [3.05, 3.63) is 0 Å². The molecule has 1 rings (SSSR count). The van der Waals surface area contributed by atoms with Gasteiger partial charge in [0.25, 0.3) is 0 Å². The highest BCUT2D eigenvalue weighted by Crippen LogP contribution is 2.16. The summed E-state index contributed by atoms with van der Waals surface area (Å²) >= 11 is 0. The highest BCUT2D eigenvalue weighted by Gasteiger charge is 2.22. The van der Waals surface area contributed by atoms with Crippen LogP contribution in [0.25, 0.3) is 0 Å². The van der Waals surface area contributed by atoms with Crippen molar-refractivity contribution in [3.63, 3.8) is 0 Å². The standard InChI is InChI=1S/C12H23NO2/c1-3-11-9-7-5-6-8-10-15-12(14)13(11)4-2/h11H,3-10H2,1-2H3/t11-/m0/s1. The molecule has 1 saturated heterocycles. The quantitative estimate of drug-likeness (QED) is 0.705. The number of ether oxygens (including phenoxy) is 1. The minimum Gasteiger partial charge on any atom is -0.449 e. The predicted octanol–water partition coefficient (Wildman–Crippen LogP) is 3.19. The van der Waals surface area contributed by atoms with Crippen LogP contribution < -0.4 is 0 Å². The van der Waals surface area contributed by atoms with Crippen molar-refractivity contribution in [2.24, 2.45) is 0 Å². The number of rotatable bonds is 2. The van der Waals surface area contributed by atoms with Crippen LogP contribution in [0.4, 0.5) is 4.79 Å². The normalized spacial score (nSPS) is 24.8. The summed E-state index contributed by atoms with van der Waals surface area (Å²) in [6.07, 6.45) is 6.75. The van der Waals surface area contributed by atoms with E-state index in [0.717, 1.165) is 25.8 Å². The number of hydrogen-bond acceptors (Lipinski definition) is 2. The van der Waals surface area contributed by atoms with E-state index in [1.54, 1.807) is 0 Å². The van der Waals surface area contributed by atoms with Gasteiger partial charge in [-0.25, -0.2) is 4.79 Å². The molecule has 0 aromatic rings. The molecule has 0 unspecified atom stereocenters. The van der Waals surface area contributed by atoms with Crippen molar-refractivity contribution < 1.29 is 9.53 Å². The van der Waals surface area contributed by atoms with Crippen LogP contribution in [0, 0.1) is 0 Å². The van der Waals surface area contributed by atoms with E-state index in [0.29, 0.717) is 12.6 Å². The van der Waals surface area contributed by atoms with Crippen molar-refractivity contribution in [1.82, 2.24) is 4.90 Å². The number of cyclic esters (lactones) is 1. The summed E-state index contributed by atoms with van der Waals surface area (Å²) in [6.45, 7) is 5.52. The highest BCUT2D eigenvalue weighted by molar-refractivity contribution is 5.67. The summed E-state index contributed by atoms with van der Waals surface area (Å²) in [6, 6.07) is 0.376. The van der Waals surface area contributed by atoms with Gasteiger partial charge in [0.05, 0.1) is 6.61 Å². The Kier molecular flexibility index (Phi) is 5.51. The van der Waals surface area contributed by atoms with Crippen LogP contribution >= 0.6 is 0 Å².